The first-order valence-electron chi connectivity index (χ1n) is 7.23. The molecule has 0 aliphatic heterocycles. The van der Waals surface area contributed by atoms with Crippen molar-refractivity contribution in [2.75, 3.05) is 6.61 Å². The summed E-state index contributed by atoms with van der Waals surface area (Å²) in [6.07, 6.45) is 1.16. The summed E-state index contributed by atoms with van der Waals surface area (Å²) in [5.41, 5.74) is -0.259. The van der Waals surface area contributed by atoms with Crippen molar-refractivity contribution in [1.29, 1.82) is 0 Å². The molecule has 0 spiro atoms. The number of carbonyl (C=O) groups excluding carboxylic acids is 1. The number of aromatic nitrogens is 2. The van der Waals surface area contributed by atoms with Gasteiger partial charge in [0.05, 0.1) is 5.69 Å². The molecule has 0 aliphatic rings. The highest BCUT2D eigenvalue weighted by Crippen LogP contribution is 2.17. The Morgan fingerprint density at radius 2 is 2.05 bits per heavy atom. The Balaban J connectivity index is 3.09. The first kappa shape index (κ1) is 17.4. The van der Waals surface area contributed by atoms with Gasteiger partial charge in [0.15, 0.2) is 0 Å². The number of amides is 1. The van der Waals surface area contributed by atoms with E-state index in [4.69, 9.17) is 5.11 Å². The Hall–Kier alpha value is -1.69. The van der Waals surface area contributed by atoms with Crippen molar-refractivity contribution in [3.05, 3.63) is 27.4 Å². The summed E-state index contributed by atoms with van der Waals surface area (Å²) in [7, 11) is 0. The number of aryl methyl sites for hydroxylation is 1. The largest absolute Gasteiger partial charge is 0.396 e. The van der Waals surface area contributed by atoms with Gasteiger partial charge < -0.3 is 15.4 Å². The monoisotopic (exact) mass is 295 g/mol. The predicted octanol–water partition coefficient (Wildman–Crippen LogP) is 1.27. The van der Waals surface area contributed by atoms with Crippen molar-refractivity contribution in [3.63, 3.8) is 0 Å². The van der Waals surface area contributed by atoms with Crippen molar-refractivity contribution in [2.24, 2.45) is 0 Å². The molecular weight excluding hydrogens is 270 g/mol. The van der Waals surface area contributed by atoms with Crippen LogP contribution in [0.15, 0.2) is 4.79 Å². The molecule has 1 aromatic rings. The fraction of sp³-hybridized carbons (Fsp3) is 0.667. The number of nitrogens with one attached hydrogen (secondary N) is 2. The Bertz CT molecular complexity index is 558. The topological polar surface area (TPSA) is 95.1 Å². The van der Waals surface area contributed by atoms with Crippen molar-refractivity contribution in [1.82, 2.24) is 15.3 Å². The third kappa shape index (κ3) is 4.39. The molecule has 0 bridgehead atoms. The van der Waals surface area contributed by atoms with E-state index in [1.165, 1.54) is 0 Å². The van der Waals surface area contributed by atoms with E-state index in [1.54, 1.807) is 6.92 Å². The molecule has 1 atom stereocenters. The summed E-state index contributed by atoms with van der Waals surface area (Å²) in [6.45, 7) is 9.40. The maximum Gasteiger partial charge on any atom is 0.264 e. The molecule has 1 heterocycles. The van der Waals surface area contributed by atoms with Crippen molar-refractivity contribution < 1.29 is 9.90 Å². The quantitative estimate of drug-likeness (QED) is 0.762. The molecule has 0 radical (unpaired) electrons. The molecule has 0 saturated heterocycles. The van der Waals surface area contributed by atoms with Crippen molar-refractivity contribution >= 4 is 5.91 Å². The summed E-state index contributed by atoms with van der Waals surface area (Å²) < 4.78 is 0. The van der Waals surface area contributed by atoms with Crippen molar-refractivity contribution in [3.8, 4) is 0 Å². The molecule has 0 saturated carbocycles. The SMILES string of the molecule is CCC(CCO)NC(=O)c1c(C)nc(C(C)(C)C)[nH]c1=O. The highest BCUT2D eigenvalue weighted by atomic mass is 16.3. The molecule has 1 amide bonds. The number of hydrogen-bond donors (Lipinski definition) is 3. The Morgan fingerprint density at radius 3 is 2.48 bits per heavy atom. The third-order valence-corrected chi connectivity index (χ3v) is 3.34. The smallest absolute Gasteiger partial charge is 0.264 e. The molecular formula is C15H25N3O3. The first-order chi connectivity index (χ1) is 9.70. The number of hydrogen-bond acceptors (Lipinski definition) is 4. The van der Waals surface area contributed by atoms with Gasteiger partial charge in [0.2, 0.25) is 0 Å². The van der Waals surface area contributed by atoms with Gasteiger partial charge >= 0.3 is 0 Å². The molecule has 0 aliphatic carbocycles. The van der Waals surface area contributed by atoms with Crippen LogP contribution in [0.3, 0.4) is 0 Å². The van der Waals surface area contributed by atoms with E-state index >= 15 is 0 Å². The van der Waals surface area contributed by atoms with Gasteiger partial charge in [-0.25, -0.2) is 4.98 Å². The summed E-state index contributed by atoms with van der Waals surface area (Å²) in [5.74, 6) is 0.117. The molecule has 6 nitrogen and oxygen atoms in total. The van der Waals surface area contributed by atoms with E-state index in [0.717, 1.165) is 0 Å². The summed E-state index contributed by atoms with van der Waals surface area (Å²) in [6, 6.07) is -0.149. The molecule has 118 valence electrons. The van der Waals surface area contributed by atoms with Gasteiger partial charge in [-0.05, 0) is 19.8 Å². The molecule has 0 fully saturated rings. The third-order valence-electron chi connectivity index (χ3n) is 3.34. The maximum atomic E-state index is 12.2. The number of nitrogens with zero attached hydrogens (tertiary/aromatic N) is 1. The summed E-state index contributed by atoms with van der Waals surface area (Å²) >= 11 is 0. The summed E-state index contributed by atoms with van der Waals surface area (Å²) in [5, 5.41) is 11.7. The van der Waals surface area contributed by atoms with Crippen LogP contribution in [0.4, 0.5) is 0 Å². The second-order valence-corrected chi connectivity index (χ2v) is 6.22. The average molecular weight is 295 g/mol. The highest BCUT2D eigenvalue weighted by molar-refractivity contribution is 5.95. The van der Waals surface area contributed by atoms with Gasteiger partial charge in [-0.15, -0.1) is 0 Å². The standard InChI is InChI=1S/C15H25N3O3/c1-6-10(7-8-19)17-12(20)11-9(2)16-14(15(3,4)5)18-13(11)21/h10,19H,6-8H2,1-5H3,(H,17,20)(H,16,18,21). The number of H-pyrrole nitrogens is 1. The van der Waals surface area contributed by atoms with E-state index in [-0.39, 0.29) is 23.6 Å². The minimum atomic E-state index is -0.443. The van der Waals surface area contributed by atoms with Crippen LogP contribution in [-0.4, -0.2) is 33.6 Å². The molecule has 1 aromatic heterocycles. The first-order valence-corrected chi connectivity index (χ1v) is 7.23. The van der Waals surface area contributed by atoms with E-state index < -0.39 is 11.5 Å². The number of rotatable bonds is 5. The highest BCUT2D eigenvalue weighted by Gasteiger charge is 2.23. The molecule has 1 unspecified atom stereocenters. The van der Waals surface area contributed by atoms with Crippen LogP contribution in [0.25, 0.3) is 0 Å². The van der Waals surface area contributed by atoms with Gasteiger partial charge in [-0.1, -0.05) is 27.7 Å². The zero-order valence-corrected chi connectivity index (χ0v) is 13.4. The number of aliphatic hydroxyl groups excluding tert-OH is 1. The lowest BCUT2D eigenvalue weighted by molar-refractivity contribution is 0.0926. The van der Waals surface area contributed by atoms with Crippen LogP contribution >= 0.6 is 0 Å². The van der Waals surface area contributed by atoms with Gasteiger partial charge in [0, 0.05) is 18.1 Å². The number of carbonyl (C=O) groups is 1. The molecule has 1 rings (SSSR count). The second-order valence-electron chi connectivity index (χ2n) is 6.22. The molecule has 21 heavy (non-hydrogen) atoms. The molecule has 0 aromatic carbocycles. The van der Waals surface area contributed by atoms with Gasteiger partial charge in [0.25, 0.3) is 11.5 Å². The summed E-state index contributed by atoms with van der Waals surface area (Å²) in [4.78, 5) is 31.4. The lowest BCUT2D eigenvalue weighted by Crippen LogP contribution is -2.39. The minimum Gasteiger partial charge on any atom is -0.396 e. The van der Waals surface area contributed by atoms with E-state index in [0.29, 0.717) is 24.4 Å². The fourth-order valence-corrected chi connectivity index (χ4v) is 2.00. The van der Waals surface area contributed by atoms with Crippen LogP contribution in [0.5, 0.6) is 0 Å². The van der Waals surface area contributed by atoms with E-state index in [2.05, 4.69) is 15.3 Å². The minimum absolute atomic E-state index is 0.00463. The van der Waals surface area contributed by atoms with Crippen LogP contribution < -0.4 is 10.9 Å². The molecule has 6 heteroatoms. The Kier molecular flexibility index (Phi) is 5.66. The van der Waals surface area contributed by atoms with Crippen molar-refractivity contribution in [2.45, 2.75) is 58.9 Å². The van der Waals surface area contributed by atoms with Crippen LogP contribution in [0.1, 0.15) is 62.4 Å². The fourth-order valence-electron chi connectivity index (χ4n) is 2.00. The Morgan fingerprint density at radius 1 is 1.43 bits per heavy atom. The predicted molar refractivity (Wildman–Crippen MR) is 81.5 cm³/mol. The molecule has 3 N–H and O–H groups in total. The normalized spacial score (nSPS) is 13.0. The lowest BCUT2D eigenvalue weighted by atomic mass is 9.95. The van der Waals surface area contributed by atoms with E-state index in [1.807, 2.05) is 27.7 Å². The van der Waals surface area contributed by atoms with E-state index in [9.17, 15) is 9.59 Å². The van der Waals surface area contributed by atoms with Gasteiger partial charge in [-0.2, -0.15) is 0 Å². The zero-order valence-electron chi connectivity index (χ0n) is 13.4. The number of aliphatic hydroxyl groups is 1. The van der Waals surface area contributed by atoms with Gasteiger partial charge in [0.1, 0.15) is 11.4 Å². The second kappa shape index (κ2) is 6.85. The van der Waals surface area contributed by atoms with Crippen LogP contribution in [0, 0.1) is 6.92 Å². The average Bonchev–Trinajstić information content (AvgIpc) is 2.36. The maximum absolute atomic E-state index is 12.2. The van der Waals surface area contributed by atoms with Crippen LogP contribution in [-0.2, 0) is 5.41 Å². The van der Waals surface area contributed by atoms with Crippen LogP contribution in [0.2, 0.25) is 0 Å². The van der Waals surface area contributed by atoms with Gasteiger partial charge in [-0.3, -0.25) is 9.59 Å². The number of aromatic amines is 1. The lowest BCUT2D eigenvalue weighted by Gasteiger charge is -2.19. The Labute approximate surface area is 125 Å². The zero-order chi connectivity index (χ0) is 16.2.